The van der Waals surface area contributed by atoms with E-state index in [9.17, 15) is 0 Å². The number of nitrogens with zero attached hydrogens (tertiary/aromatic N) is 2. The molecule has 0 amide bonds. The van der Waals surface area contributed by atoms with Crippen molar-refractivity contribution in [1.82, 2.24) is 9.55 Å². The van der Waals surface area contributed by atoms with E-state index >= 15 is 0 Å². The molecule has 2 aromatic rings. The van der Waals surface area contributed by atoms with Crippen LogP contribution in [0.3, 0.4) is 0 Å². The van der Waals surface area contributed by atoms with Crippen LogP contribution in [-0.2, 0) is 17.7 Å². The smallest absolute Gasteiger partial charge is 0.116 e. The van der Waals surface area contributed by atoms with Gasteiger partial charge in [0.25, 0.3) is 0 Å². The maximum absolute atomic E-state index is 5.66. The summed E-state index contributed by atoms with van der Waals surface area (Å²) in [5.74, 6) is 1.46. The zero-order valence-corrected chi connectivity index (χ0v) is 12.8. The van der Waals surface area contributed by atoms with Gasteiger partial charge in [0.1, 0.15) is 5.82 Å². The summed E-state index contributed by atoms with van der Waals surface area (Å²) in [5.41, 5.74) is 7.73. The van der Waals surface area contributed by atoms with E-state index in [1.807, 2.05) is 18.2 Å². The third-order valence-corrected chi connectivity index (χ3v) is 3.12. The molecule has 0 fully saturated rings. The van der Waals surface area contributed by atoms with Crippen molar-refractivity contribution in [1.29, 1.82) is 0 Å². The van der Waals surface area contributed by atoms with Crippen LogP contribution >= 0.6 is 12.2 Å². The van der Waals surface area contributed by atoms with Gasteiger partial charge in [-0.3, -0.25) is 0 Å². The standard InChI is InChI=1S/C15H21N3OS/c1-11(2)10-19-8-7-18-13-6-4-3-5-12(13)17-15(18)9-14(16)20/h3-6,11H,7-10H2,1-2H3,(H2,16,20). The molecule has 0 saturated carbocycles. The highest BCUT2D eigenvalue weighted by Gasteiger charge is 2.11. The van der Waals surface area contributed by atoms with Gasteiger partial charge in [0.05, 0.1) is 29.0 Å². The number of imidazole rings is 1. The topological polar surface area (TPSA) is 53.1 Å². The van der Waals surface area contributed by atoms with Crippen LogP contribution in [0.15, 0.2) is 24.3 Å². The Bertz CT molecular complexity index is 592. The molecule has 0 unspecified atom stereocenters. The first-order valence-electron chi connectivity index (χ1n) is 6.88. The van der Waals surface area contributed by atoms with Crippen LogP contribution in [0.5, 0.6) is 0 Å². The summed E-state index contributed by atoms with van der Waals surface area (Å²) in [5, 5.41) is 0. The molecule has 0 spiro atoms. The highest BCUT2D eigenvalue weighted by atomic mass is 32.1. The second-order valence-electron chi connectivity index (χ2n) is 5.28. The second kappa shape index (κ2) is 6.81. The zero-order chi connectivity index (χ0) is 14.5. The van der Waals surface area contributed by atoms with Crippen LogP contribution in [0.4, 0.5) is 0 Å². The highest BCUT2D eigenvalue weighted by molar-refractivity contribution is 7.80. The fourth-order valence-corrected chi connectivity index (χ4v) is 2.27. The van der Waals surface area contributed by atoms with E-state index in [0.29, 0.717) is 23.9 Å². The van der Waals surface area contributed by atoms with Gasteiger partial charge in [-0.25, -0.2) is 4.98 Å². The fraction of sp³-hybridized carbons (Fsp3) is 0.467. The maximum Gasteiger partial charge on any atom is 0.116 e. The van der Waals surface area contributed by atoms with Crippen LogP contribution in [0, 0.1) is 5.92 Å². The minimum absolute atomic E-state index is 0.463. The van der Waals surface area contributed by atoms with Gasteiger partial charge in [0, 0.05) is 13.2 Å². The third-order valence-electron chi connectivity index (χ3n) is 2.98. The first-order chi connectivity index (χ1) is 9.58. The molecule has 108 valence electrons. The Morgan fingerprint density at radius 3 is 2.85 bits per heavy atom. The van der Waals surface area contributed by atoms with Crippen molar-refractivity contribution >= 4 is 28.2 Å². The van der Waals surface area contributed by atoms with Crippen molar-refractivity contribution in [2.24, 2.45) is 11.7 Å². The van der Waals surface area contributed by atoms with E-state index in [1.54, 1.807) is 0 Å². The number of fused-ring (bicyclic) bond motifs is 1. The number of hydrogen-bond donors (Lipinski definition) is 1. The number of rotatable bonds is 7. The van der Waals surface area contributed by atoms with Gasteiger partial charge in [-0.05, 0) is 18.1 Å². The van der Waals surface area contributed by atoms with Gasteiger partial charge in [0.2, 0.25) is 0 Å². The number of benzene rings is 1. The number of para-hydroxylation sites is 2. The Kier molecular flexibility index (Phi) is 5.09. The largest absolute Gasteiger partial charge is 0.393 e. The van der Waals surface area contributed by atoms with E-state index in [2.05, 4.69) is 29.5 Å². The van der Waals surface area contributed by atoms with Crippen LogP contribution in [0.2, 0.25) is 0 Å². The average molecular weight is 291 g/mol. The van der Waals surface area contributed by atoms with Crippen molar-refractivity contribution in [3.8, 4) is 0 Å². The van der Waals surface area contributed by atoms with Crippen molar-refractivity contribution in [2.75, 3.05) is 13.2 Å². The summed E-state index contributed by atoms with van der Waals surface area (Å²) in [4.78, 5) is 5.07. The second-order valence-corrected chi connectivity index (χ2v) is 5.80. The summed E-state index contributed by atoms with van der Waals surface area (Å²) < 4.78 is 7.81. The number of aromatic nitrogens is 2. The zero-order valence-electron chi connectivity index (χ0n) is 12.0. The van der Waals surface area contributed by atoms with Crippen LogP contribution in [0.25, 0.3) is 11.0 Å². The number of hydrogen-bond acceptors (Lipinski definition) is 3. The molecule has 0 aliphatic rings. The van der Waals surface area contributed by atoms with Crippen molar-refractivity contribution in [3.63, 3.8) is 0 Å². The SMILES string of the molecule is CC(C)COCCn1c(CC(N)=S)nc2ccccc21. The third kappa shape index (κ3) is 3.77. The lowest BCUT2D eigenvalue weighted by Gasteiger charge is -2.10. The molecular weight excluding hydrogens is 270 g/mol. The molecular formula is C15H21N3OS. The Morgan fingerprint density at radius 1 is 1.40 bits per heavy atom. The fourth-order valence-electron chi connectivity index (χ4n) is 2.14. The summed E-state index contributed by atoms with van der Waals surface area (Å²) >= 11 is 5.00. The van der Waals surface area contributed by atoms with E-state index in [0.717, 1.165) is 30.0 Å². The molecule has 1 aromatic carbocycles. The summed E-state index contributed by atoms with van der Waals surface area (Å²) in [6.07, 6.45) is 0.522. The molecule has 0 aliphatic carbocycles. The Balaban J connectivity index is 2.17. The summed E-state index contributed by atoms with van der Waals surface area (Å²) in [6, 6.07) is 8.07. The van der Waals surface area contributed by atoms with E-state index in [4.69, 9.17) is 22.7 Å². The molecule has 0 aliphatic heterocycles. The number of nitrogens with two attached hydrogens (primary N) is 1. The van der Waals surface area contributed by atoms with Crippen LogP contribution < -0.4 is 5.73 Å². The van der Waals surface area contributed by atoms with E-state index in [1.165, 1.54) is 0 Å². The van der Waals surface area contributed by atoms with Gasteiger partial charge in [0.15, 0.2) is 0 Å². The van der Waals surface area contributed by atoms with Gasteiger partial charge < -0.3 is 15.0 Å². The average Bonchev–Trinajstić information content (AvgIpc) is 2.71. The summed E-state index contributed by atoms with van der Waals surface area (Å²) in [7, 11) is 0. The molecule has 0 radical (unpaired) electrons. The Hall–Kier alpha value is -1.46. The minimum Gasteiger partial charge on any atom is -0.393 e. The van der Waals surface area contributed by atoms with Crippen LogP contribution in [0.1, 0.15) is 19.7 Å². The normalized spacial score (nSPS) is 11.3. The highest BCUT2D eigenvalue weighted by Crippen LogP contribution is 2.16. The molecule has 1 aromatic heterocycles. The van der Waals surface area contributed by atoms with Gasteiger partial charge in [-0.2, -0.15) is 0 Å². The van der Waals surface area contributed by atoms with E-state index in [-0.39, 0.29) is 0 Å². The van der Waals surface area contributed by atoms with Gasteiger partial charge >= 0.3 is 0 Å². The molecule has 4 nitrogen and oxygen atoms in total. The minimum atomic E-state index is 0.463. The van der Waals surface area contributed by atoms with Gasteiger partial charge in [-0.15, -0.1) is 0 Å². The van der Waals surface area contributed by atoms with Gasteiger partial charge in [-0.1, -0.05) is 38.2 Å². The molecule has 5 heteroatoms. The number of thiocarbonyl (C=S) groups is 1. The first-order valence-corrected chi connectivity index (χ1v) is 7.29. The Labute approximate surface area is 124 Å². The lowest BCUT2D eigenvalue weighted by atomic mass is 10.2. The Morgan fingerprint density at radius 2 is 2.15 bits per heavy atom. The molecule has 1 heterocycles. The summed E-state index contributed by atoms with van der Waals surface area (Å²) in [6.45, 7) is 6.50. The van der Waals surface area contributed by atoms with E-state index < -0.39 is 0 Å². The molecule has 0 bridgehead atoms. The molecule has 2 N–H and O–H groups in total. The number of ether oxygens (including phenoxy) is 1. The van der Waals surface area contributed by atoms with Crippen molar-refractivity contribution < 1.29 is 4.74 Å². The lowest BCUT2D eigenvalue weighted by molar-refractivity contribution is 0.103. The first kappa shape index (κ1) is 14.9. The van der Waals surface area contributed by atoms with Crippen LogP contribution in [-0.4, -0.2) is 27.8 Å². The quantitative estimate of drug-likeness (QED) is 0.629. The van der Waals surface area contributed by atoms with Crippen molar-refractivity contribution in [3.05, 3.63) is 30.1 Å². The van der Waals surface area contributed by atoms with Crippen molar-refractivity contribution in [2.45, 2.75) is 26.8 Å². The predicted octanol–water partition coefficient (Wildman–Crippen LogP) is 2.54. The predicted molar refractivity (Wildman–Crippen MR) is 85.9 cm³/mol. The molecule has 20 heavy (non-hydrogen) atoms. The molecule has 2 rings (SSSR count). The molecule has 0 atom stereocenters. The lowest BCUT2D eigenvalue weighted by Crippen LogP contribution is -2.17. The maximum atomic E-state index is 5.66. The monoisotopic (exact) mass is 291 g/mol. The molecule has 0 saturated heterocycles.